The summed E-state index contributed by atoms with van der Waals surface area (Å²) in [6.45, 7) is 8.24. The average molecular weight is 316 g/mol. The summed E-state index contributed by atoms with van der Waals surface area (Å²) in [5, 5.41) is 18.0. The van der Waals surface area contributed by atoms with Gasteiger partial charge in [0.1, 0.15) is 0 Å². The van der Waals surface area contributed by atoms with Gasteiger partial charge in [0.25, 0.3) is 11.6 Å². The molecular formula is C16H20N4O3. The summed E-state index contributed by atoms with van der Waals surface area (Å²) in [6.07, 6.45) is 0. The molecule has 1 aromatic carbocycles. The Bertz CT molecular complexity index is 733. The van der Waals surface area contributed by atoms with E-state index < -0.39 is 4.92 Å². The fourth-order valence-electron chi connectivity index (χ4n) is 2.32. The molecular weight excluding hydrogens is 296 g/mol. The van der Waals surface area contributed by atoms with Crippen molar-refractivity contribution in [2.45, 2.75) is 27.7 Å². The number of nitro groups is 1. The summed E-state index contributed by atoms with van der Waals surface area (Å²) < 4.78 is 1.63. The molecule has 0 fully saturated rings. The van der Waals surface area contributed by atoms with Crippen molar-refractivity contribution in [2.24, 2.45) is 5.92 Å². The second-order valence-corrected chi connectivity index (χ2v) is 5.84. The predicted octanol–water partition coefficient (Wildman–Crippen LogP) is 2.78. The Balaban J connectivity index is 2.33. The molecule has 0 radical (unpaired) electrons. The average Bonchev–Trinajstić information content (AvgIpc) is 2.80. The number of hydrogen-bond acceptors (Lipinski definition) is 4. The van der Waals surface area contributed by atoms with E-state index in [-0.39, 0.29) is 11.6 Å². The van der Waals surface area contributed by atoms with Crippen molar-refractivity contribution in [1.82, 2.24) is 15.1 Å². The number of aromatic nitrogens is 2. The topological polar surface area (TPSA) is 90.1 Å². The summed E-state index contributed by atoms with van der Waals surface area (Å²) in [6, 6.07) is 6.08. The third-order valence-corrected chi connectivity index (χ3v) is 3.49. The van der Waals surface area contributed by atoms with Crippen molar-refractivity contribution in [3.05, 3.63) is 51.3 Å². The molecule has 7 nitrogen and oxygen atoms in total. The van der Waals surface area contributed by atoms with Crippen LogP contribution in [-0.2, 0) is 0 Å². The molecule has 0 spiro atoms. The highest BCUT2D eigenvalue weighted by Gasteiger charge is 2.19. The van der Waals surface area contributed by atoms with E-state index in [0.717, 1.165) is 0 Å². The van der Waals surface area contributed by atoms with Crippen LogP contribution in [0.15, 0.2) is 24.3 Å². The summed E-state index contributed by atoms with van der Waals surface area (Å²) in [5.74, 6) is 0.214. The van der Waals surface area contributed by atoms with Gasteiger partial charge in [-0.15, -0.1) is 0 Å². The summed E-state index contributed by atoms with van der Waals surface area (Å²) in [7, 11) is 0. The van der Waals surface area contributed by atoms with E-state index in [1.165, 1.54) is 12.1 Å². The first kappa shape index (κ1) is 16.7. The molecule has 1 aromatic heterocycles. The van der Waals surface area contributed by atoms with Gasteiger partial charge in [-0.1, -0.05) is 13.8 Å². The van der Waals surface area contributed by atoms with Crippen molar-refractivity contribution in [2.75, 3.05) is 6.54 Å². The number of aryl methyl sites for hydroxylation is 1. The Labute approximate surface area is 134 Å². The van der Waals surface area contributed by atoms with E-state index >= 15 is 0 Å². The van der Waals surface area contributed by atoms with Crippen LogP contribution >= 0.6 is 0 Å². The quantitative estimate of drug-likeness (QED) is 0.678. The zero-order valence-corrected chi connectivity index (χ0v) is 13.7. The lowest BCUT2D eigenvalue weighted by molar-refractivity contribution is -0.384. The van der Waals surface area contributed by atoms with Gasteiger partial charge in [-0.25, -0.2) is 4.68 Å². The minimum Gasteiger partial charge on any atom is -0.352 e. The van der Waals surface area contributed by atoms with E-state index in [0.29, 0.717) is 35.1 Å². The molecule has 23 heavy (non-hydrogen) atoms. The van der Waals surface area contributed by atoms with Crippen molar-refractivity contribution in [3.63, 3.8) is 0 Å². The third-order valence-electron chi connectivity index (χ3n) is 3.49. The number of carbonyl (C=O) groups excluding carboxylic acids is 1. The molecule has 0 aliphatic heterocycles. The Morgan fingerprint density at radius 3 is 2.43 bits per heavy atom. The van der Waals surface area contributed by atoms with Crippen LogP contribution in [0.25, 0.3) is 5.69 Å². The van der Waals surface area contributed by atoms with E-state index in [4.69, 9.17) is 0 Å². The molecule has 1 amide bonds. The molecule has 1 heterocycles. The largest absolute Gasteiger partial charge is 0.352 e. The van der Waals surface area contributed by atoms with Gasteiger partial charge in [0.15, 0.2) is 0 Å². The Morgan fingerprint density at radius 2 is 1.91 bits per heavy atom. The number of rotatable bonds is 5. The maximum absolute atomic E-state index is 12.3. The minimum absolute atomic E-state index is 0.0187. The first-order valence-electron chi connectivity index (χ1n) is 7.40. The van der Waals surface area contributed by atoms with Gasteiger partial charge >= 0.3 is 0 Å². The van der Waals surface area contributed by atoms with Crippen LogP contribution in [0.3, 0.4) is 0 Å². The van der Waals surface area contributed by atoms with Crippen molar-refractivity contribution < 1.29 is 9.72 Å². The van der Waals surface area contributed by atoms with Crippen molar-refractivity contribution >= 4 is 11.6 Å². The summed E-state index contributed by atoms with van der Waals surface area (Å²) in [5.41, 5.74) is 2.58. The molecule has 122 valence electrons. The van der Waals surface area contributed by atoms with Gasteiger partial charge in [-0.3, -0.25) is 14.9 Å². The number of hydrogen-bond donors (Lipinski definition) is 1. The van der Waals surface area contributed by atoms with Gasteiger partial charge < -0.3 is 5.32 Å². The number of carbonyl (C=O) groups is 1. The zero-order chi connectivity index (χ0) is 17.1. The van der Waals surface area contributed by atoms with Crippen LogP contribution in [0.2, 0.25) is 0 Å². The van der Waals surface area contributed by atoms with Gasteiger partial charge in [0, 0.05) is 18.7 Å². The number of benzene rings is 1. The number of non-ortho nitro benzene ring substituents is 1. The van der Waals surface area contributed by atoms with Crippen LogP contribution in [0.4, 0.5) is 5.69 Å². The van der Waals surface area contributed by atoms with Crippen molar-refractivity contribution in [1.29, 1.82) is 0 Å². The summed E-state index contributed by atoms with van der Waals surface area (Å²) in [4.78, 5) is 22.6. The van der Waals surface area contributed by atoms with Crippen LogP contribution in [0.5, 0.6) is 0 Å². The molecule has 0 unspecified atom stereocenters. The Kier molecular flexibility index (Phi) is 4.78. The fourth-order valence-corrected chi connectivity index (χ4v) is 2.32. The molecule has 0 saturated carbocycles. The maximum Gasteiger partial charge on any atom is 0.269 e. The van der Waals surface area contributed by atoms with E-state index in [1.54, 1.807) is 23.7 Å². The highest BCUT2D eigenvalue weighted by Crippen LogP contribution is 2.20. The van der Waals surface area contributed by atoms with Crippen LogP contribution in [0.1, 0.15) is 35.6 Å². The number of nitrogens with one attached hydrogen (secondary N) is 1. The van der Waals surface area contributed by atoms with Crippen LogP contribution < -0.4 is 5.32 Å². The second-order valence-electron chi connectivity index (χ2n) is 5.84. The number of amides is 1. The van der Waals surface area contributed by atoms with Crippen LogP contribution in [-0.4, -0.2) is 27.2 Å². The number of nitro benzene ring substituents is 1. The van der Waals surface area contributed by atoms with Crippen molar-refractivity contribution in [3.8, 4) is 5.69 Å². The molecule has 7 heteroatoms. The monoisotopic (exact) mass is 316 g/mol. The Hall–Kier alpha value is -2.70. The molecule has 0 bridgehead atoms. The maximum atomic E-state index is 12.3. The summed E-state index contributed by atoms with van der Waals surface area (Å²) >= 11 is 0. The standard InChI is InChI=1S/C16H20N4O3/c1-10(2)9-17-16(21)15-11(3)18-19(12(15)4)13-5-7-14(8-6-13)20(22)23/h5-8,10H,9H2,1-4H3,(H,17,21). The van der Waals surface area contributed by atoms with E-state index in [2.05, 4.69) is 10.4 Å². The molecule has 0 aliphatic carbocycles. The second kappa shape index (κ2) is 6.60. The normalized spacial score (nSPS) is 10.8. The highest BCUT2D eigenvalue weighted by atomic mass is 16.6. The molecule has 0 atom stereocenters. The molecule has 1 N–H and O–H groups in total. The molecule has 0 aliphatic rings. The van der Waals surface area contributed by atoms with Gasteiger partial charge in [0.2, 0.25) is 0 Å². The molecule has 0 saturated heterocycles. The minimum atomic E-state index is -0.449. The molecule has 2 aromatic rings. The third kappa shape index (κ3) is 3.56. The number of nitrogens with zero attached hydrogens (tertiary/aromatic N) is 3. The van der Waals surface area contributed by atoms with Gasteiger partial charge in [0.05, 0.1) is 27.6 Å². The van der Waals surface area contributed by atoms with E-state index in [1.807, 2.05) is 20.8 Å². The predicted molar refractivity (Wildman–Crippen MR) is 86.9 cm³/mol. The Morgan fingerprint density at radius 1 is 1.30 bits per heavy atom. The molecule has 2 rings (SSSR count). The van der Waals surface area contributed by atoms with Gasteiger partial charge in [-0.2, -0.15) is 5.10 Å². The smallest absolute Gasteiger partial charge is 0.269 e. The lowest BCUT2D eigenvalue weighted by Crippen LogP contribution is -2.28. The first-order chi connectivity index (χ1) is 10.8. The lowest BCUT2D eigenvalue weighted by Gasteiger charge is -2.08. The van der Waals surface area contributed by atoms with Gasteiger partial charge in [-0.05, 0) is 31.9 Å². The first-order valence-corrected chi connectivity index (χ1v) is 7.40. The zero-order valence-electron chi connectivity index (χ0n) is 13.7. The van der Waals surface area contributed by atoms with Crippen LogP contribution in [0, 0.1) is 29.9 Å². The highest BCUT2D eigenvalue weighted by molar-refractivity contribution is 5.96. The van der Waals surface area contributed by atoms with E-state index in [9.17, 15) is 14.9 Å². The lowest BCUT2D eigenvalue weighted by atomic mass is 10.1. The fraction of sp³-hybridized carbons (Fsp3) is 0.375. The SMILES string of the molecule is Cc1nn(-c2ccc([N+](=O)[O-])cc2)c(C)c1C(=O)NCC(C)C.